The van der Waals surface area contributed by atoms with Crippen LogP contribution in [0.15, 0.2) is 52.3 Å². The fourth-order valence-electron chi connectivity index (χ4n) is 1.68. The summed E-state index contributed by atoms with van der Waals surface area (Å²) in [6.07, 6.45) is 0. The molecule has 1 aliphatic heterocycles. The highest BCUT2D eigenvalue weighted by atomic mass is 32.2. The molecule has 0 bridgehead atoms. The van der Waals surface area contributed by atoms with Gasteiger partial charge in [0.2, 0.25) is 0 Å². The molecule has 1 aliphatic rings. The molecule has 3 rings (SSSR count). The lowest BCUT2D eigenvalue weighted by Crippen LogP contribution is -1.96. The van der Waals surface area contributed by atoms with Crippen LogP contribution in [0.1, 0.15) is 0 Å². The van der Waals surface area contributed by atoms with Crippen molar-refractivity contribution < 1.29 is 4.74 Å². The minimum atomic E-state index is 0.933. The van der Waals surface area contributed by atoms with Gasteiger partial charge in [-0.2, -0.15) is 0 Å². The predicted octanol–water partition coefficient (Wildman–Crippen LogP) is 3.99. The van der Waals surface area contributed by atoms with Crippen molar-refractivity contribution in [2.24, 2.45) is 0 Å². The molecule has 0 spiro atoms. The average Bonchev–Trinajstić information content (AvgIpc) is 2.35. The molecule has 0 saturated heterocycles. The Labute approximate surface area is 98.6 Å². The minimum absolute atomic E-state index is 0.933. The molecule has 1 heterocycles. The van der Waals surface area contributed by atoms with Crippen LogP contribution >= 0.6 is 11.8 Å². The molecule has 2 aromatic rings. The summed E-state index contributed by atoms with van der Waals surface area (Å²) in [5, 5.41) is 3.13. The second-order valence-corrected chi connectivity index (χ2v) is 4.65. The summed E-state index contributed by atoms with van der Waals surface area (Å²) in [6.45, 7) is 0. The summed E-state index contributed by atoms with van der Waals surface area (Å²) in [6, 6.07) is 14.2. The maximum Gasteiger partial charge on any atom is 0.141 e. The third-order valence-electron chi connectivity index (χ3n) is 2.52. The zero-order valence-corrected chi connectivity index (χ0v) is 9.67. The van der Waals surface area contributed by atoms with E-state index in [-0.39, 0.29) is 0 Å². The van der Waals surface area contributed by atoms with Gasteiger partial charge >= 0.3 is 0 Å². The second-order valence-electron chi connectivity index (χ2n) is 3.56. The van der Waals surface area contributed by atoms with Crippen LogP contribution in [0.4, 0.5) is 5.69 Å². The van der Waals surface area contributed by atoms with Gasteiger partial charge in [0.15, 0.2) is 0 Å². The zero-order valence-electron chi connectivity index (χ0n) is 8.86. The zero-order chi connectivity index (χ0) is 11.0. The quantitative estimate of drug-likeness (QED) is 0.681. The van der Waals surface area contributed by atoms with Crippen LogP contribution in [-0.4, -0.2) is 7.05 Å². The highest BCUT2D eigenvalue weighted by molar-refractivity contribution is 7.99. The summed E-state index contributed by atoms with van der Waals surface area (Å²) in [5.74, 6) is 1.87. The van der Waals surface area contributed by atoms with Gasteiger partial charge in [-0.1, -0.05) is 23.9 Å². The fraction of sp³-hybridized carbons (Fsp3) is 0.0769. The van der Waals surface area contributed by atoms with E-state index >= 15 is 0 Å². The molecule has 0 aliphatic carbocycles. The van der Waals surface area contributed by atoms with Gasteiger partial charge < -0.3 is 10.1 Å². The van der Waals surface area contributed by atoms with Gasteiger partial charge in [-0.25, -0.2) is 0 Å². The van der Waals surface area contributed by atoms with E-state index < -0.39 is 0 Å². The lowest BCUT2D eigenvalue weighted by Gasteiger charge is -2.19. The number of ether oxygens (including phenoxy) is 1. The molecule has 2 nitrogen and oxygen atoms in total. The summed E-state index contributed by atoms with van der Waals surface area (Å²) in [5.41, 5.74) is 1.11. The van der Waals surface area contributed by atoms with E-state index in [0.29, 0.717) is 0 Å². The molecule has 0 saturated carbocycles. The predicted molar refractivity (Wildman–Crippen MR) is 66.6 cm³/mol. The number of para-hydroxylation sites is 1. The van der Waals surface area contributed by atoms with Crippen LogP contribution in [-0.2, 0) is 0 Å². The summed E-state index contributed by atoms with van der Waals surface area (Å²) >= 11 is 1.75. The SMILES string of the molecule is CNc1ccc2c(c1)Sc1ccccc1O2. The number of rotatable bonds is 1. The van der Waals surface area contributed by atoms with Crippen LogP contribution in [0.2, 0.25) is 0 Å². The molecule has 3 heteroatoms. The molecule has 0 radical (unpaired) electrons. The van der Waals surface area contributed by atoms with Crippen LogP contribution in [0.25, 0.3) is 0 Å². The maximum absolute atomic E-state index is 5.83. The average molecular weight is 229 g/mol. The second kappa shape index (κ2) is 3.76. The van der Waals surface area contributed by atoms with Crippen molar-refractivity contribution in [1.82, 2.24) is 0 Å². The summed E-state index contributed by atoms with van der Waals surface area (Å²) in [4.78, 5) is 2.33. The molecule has 1 N–H and O–H groups in total. The van der Waals surface area contributed by atoms with Gasteiger partial charge in [0.25, 0.3) is 0 Å². The third-order valence-corrected chi connectivity index (χ3v) is 3.62. The van der Waals surface area contributed by atoms with Crippen LogP contribution < -0.4 is 10.1 Å². The maximum atomic E-state index is 5.83. The summed E-state index contributed by atoms with van der Waals surface area (Å²) < 4.78 is 5.83. The van der Waals surface area contributed by atoms with Crippen molar-refractivity contribution in [2.45, 2.75) is 9.79 Å². The van der Waals surface area contributed by atoms with Crippen LogP contribution in [0.3, 0.4) is 0 Å². The van der Waals surface area contributed by atoms with Gasteiger partial charge in [0, 0.05) is 12.7 Å². The number of anilines is 1. The molecular weight excluding hydrogens is 218 g/mol. The molecule has 0 fully saturated rings. The lowest BCUT2D eigenvalue weighted by atomic mass is 10.3. The molecule has 0 amide bonds. The highest BCUT2D eigenvalue weighted by Gasteiger charge is 2.17. The van der Waals surface area contributed by atoms with E-state index in [4.69, 9.17) is 4.74 Å². The Balaban J connectivity index is 2.05. The fourth-order valence-corrected chi connectivity index (χ4v) is 2.67. The Morgan fingerprint density at radius 2 is 1.81 bits per heavy atom. The first-order chi connectivity index (χ1) is 7.86. The lowest BCUT2D eigenvalue weighted by molar-refractivity contribution is 0.454. The number of benzene rings is 2. The Bertz CT molecular complexity index is 539. The Hall–Kier alpha value is -1.61. The van der Waals surface area contributed by atoms with Crippen molar-refractivity contribution in [2.75, 3.05) is 12.4 Å². The third kappa shape index (κ3) is 1.53. The molecule has 16 heavy (non-hydrogen) atoms. The van der Waals surface area contributed by atoms with E-state index in [2.05, 4.69) is 17.4 Å². The number of hydrogen-bond acceptors (Lipinski definition) is 3. The number of fused-ring (bicyclic) bond motifs is 2. The van der Waals surface area contributed by atoms with E-state index in [1.807, 2.05) is 37.4 Å². The minimum Gasteiger partial charge on any atom is -0.455 e. The van der Waals surface area contributed by atoms with Crippen molar-refractivity contribution in [1.29, 1.82) is 0 Å². The van der Waals surface area contributed by atoms with Gasteiger partial charge in [-0.15, -0.1) is 0 Å². The number of hydrogen-bond donors (Lipinski definition) is 1. The van der Waals surface area contributed by atoms with Crippen molar-refractivity contribution >= 4 is 17.4 Å². The van der Waals surface area contributed by atoms with E-state index in [1.54, 1.807) is 11.8 Å². The molecule has 0 aromatic heterocycles. The molecule has 0 unspecified atom stereocenters. The van der Waals surface area contributed by atoms with Gasteiger partial charge in [0.1, 0.15) is 11.5 Å². The Morgan fingerprint density at radius 3 is 2.69 bits per heavy atom. The van der Waals surface area contributed by atoms with Gasteiger partial charge in [-0.05, 0) is 30.3 Å². The first-order valence-electron chi connectivity index (χ1n) is 5.13. The Kier molecular flexibility index (Phi) is 2.26. The van der Waals surface area contributed by atoms with Gasteiger partial charge in [-0.3, -0.25) is 0 Å². The van der Waals surface area contributed by atoms with Gasteiger partial charge in [0.05, 0.1) is 9.79 Å². The van der Waals surface area contributed by atoms with Crippen molar-refractivity contribution in [3.63, 3.8) is 0 Å². The van der Waals surface area contributed by atoms with E-state index in [9.17, 15) is 0 Å². The smallest absolute Gasteiger partial charge is 0.141 e. The first-order valence-corrected chi connectivity index (χ1v) is 5.95. The number of nitrogens with one attached hydrogen (secondary N) is 1. The molecule has 2 aromatic carbocycles. The standard InChI is InChI=1S/C13H11NOS/c1-14-9-6-7-11-13(8-9)16-12-5-3-2-4-10(12)15-11/h2-8,14H,1H3. The van der Waals surface area contributed by atoms with E-state index in [0.717, 1.165) is 22.1 Å². The monoisotopic (exact) mass is 229 g/mol. The van der Waals surface area contributed by atoms with Crippen molar-refractivity contribution in [3.05, 3.63) is 42.5 Å². The molecule has 80 valence electrons. The molecule has 0 atom stereocenters. The Morgan fingerprint density at radius 1 is 1.00 bits per heavy atom. The normalized spacial score (nSPS) is 12.3. The van der Waals surface area contributed by atoms with E-state index in [1.165, 1.54) is 4.90 Å². The highest BCUT2D eigenvalue weighted by Crippen LogP contribution is 2.47. The summed E-state index contributed by atoms with van der Waals surface area (Å²) in [7, 11) is 1.92. The largest absolute Gasteiger partial charge is 0.455 e. The first kappa shape index (κ1) is 9.60. The topological polar surface area (TPSA) is 21.3 Å². The van der Waals surface area contributed by atoms with Crippen LogP contribution in [0.5, 0.6) is 11.5 Å². The van der Waals surface area contributed by atoms with Crippen molar-refractivity contribution in [3.8, 4) is 11.5 Å². The molecular formula is C13H11NOS. The van der Waals surface area contributed by atoms with Crippen LogP contribution in [0, 0.1) is 0 Å².